The van der Waals surface area contributed by atoms with Crippen molar-refractivity contribution in [3.8, 4) is 5.88 Å². The number of thiocarbonyl (C=S) groups is 1. The second-order valence-corrected chi connectivity index (χ2v) is 9.25. The van der Waals surface area contributed by atoms with Gasteiger partial charge in [-0.25, -0.2) is 15.0 Å². The number of halogens is 1. The molecule has 1 aromatic carbocycles. The van der Waals surface area contributed by atoms with E-state index in [1.165, 1.54) is 17.3 Å². The van der Waals surface area contributed by atoms with Crippen LogP contribution in [0, 0.1) is 0 Å². The highest BCUT2D eigenvalue weighted by atomic mass is 35.5. The van der Waals surface area contributed by atoms with E-state index in [1.807, 2.05) is 18.2 Å². The molecule has 0 amide bonds. The minimum atomic E-state index is -0.129. The fourth-order valence-electron chi connectivity index (χ4n) is 3.59. The first-order chi connectivity index (χ1) is 16.1. The van der Waals surface area contributed by atoms with Gasteiger partial charge in [-0.1, -0.05) is 23.7 Å². The smallest absolute Gasteiger partial charge is 0.233 e. The maximum atomic E-state index is 6.27. The van der Waals surface area contributed by atoms with Crippen molar-refractivity contribution in [1.82, 2.24) is 25.3 Å². The molecule has 3 aromatic rings. The molecule has 1 aliphatic rings. The van der Waals surface area contributed by atoms with Gasteiger partial charge in [-0.3, -0.25) is 0 Å². The molecule has 0 radical (unpaired) electrons. The lowest BCUT2D eigenvalue weighted by Crippen LogP contribution is -2.45. The van der Waals surface area contributed by atoms with Crippen molar-refractivity contribution in [1.29, 1.82) is 0 Å². The molecular weight excluding hydrogens is 480 g/mol. The highest BCUT2D eigenvalue weighted by Gasteiger charge is 2.34. The lowest BCUT2D eigenvalue weighted by atomic mass is 9.74. The van der Waals surface area contributed by atoms with Crippen molar-refractivity contribution in [2.75, 3.05) is 32.2 Å². The number of anilines is 1. The van der Waals surface area contributed by atoms with Gasteiger partial charge in [0.2, 0.25) is 11.8 Å². The number of aromatic nitrogens is 4. The summed E-state index contributed by atoms with van der Waals surface area (Å²) in [6.07, 6.45) is 5.10. The van der Waals surface area contributed by atoms with Gasteiger partial charge in [0.25, 0.3) is 0 Å². The number of rotatable bonds is 7. The van der Waals surface area contributed by atoms with Crippen LogP contribution in [0.4, 0.5) is 5.95 Å². The summed E-state index contributed by atoms with van der Waals surface area (Å²) < 4.78 is 10.9. The third-order valence-electron chi connectivity index (χ3n) is 5.33. The van der Waals surface area contributed by atoms with Crippen LogP contribution in [0.25, 0.3) is 0 Å². The van der Waals surface area contributed by atoms with E-state index in [1.54, 1.807) is 31.6 Å². The van der Waals surface area contributed by atoms with E-state index >= 15 is 0 Å². The van der Waals surface area contributed by atoms with E-state index in [0.29, 0.717) is 46.9 Å². The van der Waals surface area contributed by atoms with Crippen LogP contribution >= 0.6 is 35.6 Å². The number of hydrogen-bond acceptors (Lipinski definition) is 8. The summed E-state index contributed by atoms with van der Waals surface area (Å²) in [4.78, 5) is 17.3. The van der Waals surface area contributed by atoms with Gasteiger partial charge in [-0.2, -0.15) is 4.98 Å². The molecule has 0 bridgehead atoms. The van der Waals surface area contributed by atoms with Gasteiger partial charge in [0.05, 0.1) is 7.11 Å². The molecule has 172 valence electrons. The van der Waals surface area contributed by atoms with Crippen LogP contribution in [0.2, 0.25) is 5.02 Å². The zero-order chi connectivity index (χ0) is 23.1. The molecule has 2 N–H and O–H groups in total. The lowest BCUT2D eigenvalue weighted by molar-refractivity contribution is 0.0515. The van der Waals surface area contributed by atoms with Gasteiger partial charge in [-0.05, 0) is 60.6 Å². The van der Waals surface area contributed by atoms with Crippen LogP contribution in [0.5, 0.6) is 5.88 Å². The summed E-state index contributed by atoms with van der Waals surface area (Å²) in [5.74, 6) is 0.739. The van der Waals surface area contributed by atoms with Crippen molar-refractivity contribution in [2.45, 2.75) is 28.4 Å². The van der Waals surface area contributed by atoms with E-state index < -0.39 is 0 Å². The number of ether oxygens (including phenoxy) is 2. The normalized spacial score (nSPS) is 15.0. The van der Waals surface area contributed by atoms with E-state index in [0.717, 1.165) is 17.9 Å². The molecule has 2 aromatic heterocycles. The van der Waals surface area contributed by atoms with Crippen LogP contribution in [-0.4, -0.2) is 51.9 Å². The minimum absolute atomic E-state index is 0.129. The van der Waals surface area contributed by atoms with Crippen molar-refractivity contribution in [3.05, 3.63) is 59.4 Å². The molecule has 0 unspecified atom stereocenters. The number of nitrogens with one attached hydrogen (secondary N) is 2. The first-order valence-corrected chi connectivity index (χ1v) is 11.9. The highest BCUT2D eigenvalue weighted by molar-refractivity contribution is 7.99. The molecule has 1 saturated heterocycles. The molecule has 33 heavy (non-hydrogen) atoms. The predicted molar refractivity (Wildman–Crippen MR) is 132 cm³/mol. The Morgan fingerprint density at radius 1 is 1.18 bits per heavy atom. The van der Waals surface area contributed by atoms with E-state index in [2.05, 4.69) is 36.6 Å². The van der Waals surface area contributed by atoms with Crippen molar-refractivity contribution in [2.24, 2.45) is 0 Å². The second-order valence-electron chi connectivity index (χ2n) is 7.42. The number of hydrogen-bond donors (Lipinski definition) is 2. The molecule has 0 aliphatic carbocycles. The van der Waals surface area contributed by atoms with Gasteiger partial charge in [0.15, 0.2) is 10.3 Å². The number of benzene rings is 1. The Hall–Kier alpha value is -2.53. The Kier molecular flexibility index (Phi) is 7.92. The van der Waals surface area contributed by atoms with E-state index in [9.17, 15) is 0 Å². The molecule has 3 heterocycles. The Morgan fingerprint density at radius 3 is 2.70 bits per heavy atom. The van der Waals surface area contributed by atoms with E-state index in [4.69, 9.17) is 33.3 Å². The van der Waals surface area contributed by atoms with Gasteiger partial charge in [-0.15, -0.1) is 0 Å². The molecular formula is C22H23ClN6O2S2. The van der Waals surface area contributed by atoms with Crippen molar-refractivity contribution >= 4 is 46.6 Å². The van der Waals surface area contributed by atoms with Crippen LogP contribution in [0.1, 0.15) is 18.4 Å². The largest absolute Gasteiger partial charge is 0.481 e. The molecule has 4 rings (SSSR count). The summed E-state index contributed by atoms with van der Waals surface area (Å²) in [6, 6.07) is 11.5. The second kappa shape index (κ2) is 11.1. The zero-order valence-corrected chi connectivity index (χ0v) is 20.3. The van der Waals surface area contributed by atoms with Gasteiger partial charge >= 0.3 is 0 Å². The maximum absolute atomic E-state index is 6.27. The van der Waals surface area contributed by atoms with Gasteiger partial charge < -0.3 is 20.1 Å². The summed E-state index contributed by atoms with van der Waals surface area (Å²) in [5, 5.41) is 8.76. The van der Waals surface area contributed by atoms with Gasteiger partial charge in [0.1, 0.15) is 5.03 Å². The third kappa shape index (κ3) is 6.29. The SMILES string of the molecule is COc1cc(Sc2ncccn2)nc(NC(=S)NCC2(c3cccc(Cl)c3)CCOCC2)n1. The first-order valence-electron chi connectivity index (χ1n) is 10.3. The maximum Gasteiger partial charge on any atom is 0.233 e. The van der Waals surface area contributed by atoms with Crippen molar-refractivity contribution < 1.29 is 9.47 Å². The summed E-state index contributed by atoms with van der Waals surface area (Å²) >= 11 is 13.1. The molecule has 0 saturated carbocycles. The number of nitrogens with zero attached hydrogens (tertiary/aromatic N) is 4. The molecule has 11 heteroatoms. The summed E-state index contributed by atoms with van der Waals surface area (Å²) in [6.45, 7) is 2.01. The molecule has 0 atom stereocenters. The highest BCUT2D eigenvalue weighted by Crippen LogP contribution is 2.35. The Morgan fingerprint density at radius 2 is 1.97 bits per heavy atom. The van der Waals surface area contributed by atoms with Crippen LogP contribution in [0.15, 0.2) is 59.0 Å². The molecule has 1 fully saturated rings. The standard InChI is InChI=1S/C22H23ClN6O2S2/c1-30-17-13-18(33-21-24-8-3-9-25-21)28-19(27-17)29-20(32)26-14-22(6-10-31-11-7-22)15-4-2-5-16(23)12-15/h2-5,8-9,12-13H,6-7,10-11,14H2,1H3,(H2,26,27,28,29,32). The predicted octanol–water partition coefficient (Wildman–Crippen LogP) is 4.11. The Balaban J connectivity index is 1.46. The fourth-order valence-corrected chi connectivity index (χ4v) is 4.65. The van der Waals surface area contributed by atoms with Crippen LogP contribution in [-0.2, 0) is 10.2 Å². The average molecular weight is 503 g/mol. The first kappa shape index (κ1) is 23.6. The Bertz CT molecular complexity index is 1100. The van der Waals surface area contributed by atoms with Crippen molar-refractivity contribution in [3.63, 3.8) is 0 Å². The molecule has 0 spiro atoms. The molecule has 8 nitrogen and oxygen atoms in total. The Labute approximate surface area is 206 Å². The zero-order valence-electron chi connectivity index (χ0n) is 18.0. The summed E-state index contributed by atoms with van der Waals surface area (Å²) in [5.41, 5.74) is 1.04. The average Bonchev–Trinajstić information content (AvgIpc) is 2.84. The van der Waals surface area contributed by atoms with E-state index in [-0.39, 0.29) is 5.41 Å². The monoisotopic (exact) mass is 502 g/mol. The molecule has 1 aliphatic heterocycles. The van der Waals surface area contributed by atoms with Gasteiger partial charge in [0, 0.05) is 48.7 Å². The number of methoxy groups -OCH3 is 1. The topological polar surface area (TPSA) is 94.1 Å². The minimum Gasteiger partial charge on any atom is -0.481 e. The van der Waals surface area contributed by atoms with Crippen LogP contribution in [0.3, 0.4) is 0 Å². The third-order valence-corrected chi connectivity index (χ3v) is 6.62. The quantitative estimate of drug-likeness (QED) is 0.279. The van der Waals surface area contributed by atoms with Crippen LogP contribution < -0.4 is 15.4 Å². The fraction of sp³-hybridized carbons (Fsp3) is 0.318. The lowest BCUT2D eigenvalue weighted by Gasteiger charge is -2.38. The summed E-state index contributed by atoms with van der Waals surface area (Å²) in [7, 11) is 1.55.